The van der Waals surface area contributed by atoms with Crippen LogP contribution in [0.5, 0.6) is 0 Å². The molecule has 0 fully saturated rings. The van der Waals surface area contributed by atoms with Crippen LogP contribution in [0.1, 0.15) is 42.0 Å². The molecule has 0 spiro atoms. The normalized spacial score (nSPS) is 14.0. The third kappa shape index (κ3) is 3.94. The Bertz CT molecular complexity index is 690. The van der Waals surface area contributed by atoms with Gasteiger partial charge in [0.25, 0.3) is 0 Å². The molecule has 22 heavy (non-hydrogen) atoms. The minimum absolute atomic E-state index is 0.297. The Balaban J connectivity index is 2.28. The van der Waals surface area contributed by atoms with Crippen molar-refractivity contribution in [2.45, 2.75) is 33.6 Å². The average Bonchev–Trinajstić information content (AvgIpc) is 2.52. The van der Waals surface area contributed by atoms with Gasteiger partial charge in [0, 0.05) is 18.7 Å². The fourth-order valence-electron chi connectivity index (χ4n) is 2.62. The van der Waals surface area contributed by atoms with Gasteiger partial charge in [0.1, 0.15) is 0 Å². The van der Waals surface area contributed by atoms with Crippen LogP contribution in [-0.2, 0) is 0 Å². The van der Waals surface area contributed by atoms with Gasteiger partial charge in [0.05, 0.1) is 0 Å². The van der Waals surface area contributed by atoms with E-state index in [1.165, 1.54) is 27.8 Å². The van der Waals surface area contributed by atoms with Gasteiger partial charge in [-0.05, 0) is 43.5 Å². The Labute approximate surface area is 134 Å². The van der Waals surface area contributed by atoms with Crippen molar-refractivity contribution in [3.05, 3.63) is 76.9 Å². The Hall–Kier alpha value is -2.15. The average molecular weight is 291 g/mol. The molecule has 0 radical (unpaired) electrons. The van der Waals surface area contributed by atoms with Crippen LogP contribution in [0.15, 0.2) is 59.6 Å². The predicted molar refractivity (Wildman–Crippen MR) is 97.8 cm³/mol. The van der Waals surface area contributed by atoms with E-state index in [1.54, 1.807) is 0 Å². The number of hydrogen-bond acceptors (Lipinski definition) is 1. The summed E-state index contributed by atoms with van der Waals surface area (Å²) in [6.07, 6.45) is 2.21. The Kier molecular flexibility index (Phi) is 5.32. The smallest absolute Gasteiger partial charge is 0.0419 e. The standard InChI is InChI=1S/C21H25N/c1-15-9-11-19(12-10-15)17(3)14-21(22-5)18(4)20-8-6-7-16(2)13-20/h6-14,18H,1-5H3/b17-14+,22-21?. The van der Waals surface area contributed by atoms with E-state index in [0.29, 0.717) is 5.92 Å². The molecule has 0 aliphatic carbocycles. The number of aliphatic imine (C=N–C) groups is 1. The summed E-state index contributed by atoms with van der Waals surface area (Å²) in [7, 11) is 1.88. The number of nitrogens with zero attached hydrogens (tertiary/aromatic N) is 1. The molecule has 0 aliphatic heterocycles. The van der Waals surface area contributed by atoms with Crippen LogP contribution in [0, 0.1) is 13.8 Å². The Morgan fingerprint density at radius 1 is 1.00 bits per heavy atom. The molecule has 2 rings (SSSR count). The molecule has 1 unspecified atom stereocenters. The zero-order valence-corrected chi connectivity index (χ0v) is 14.2. The van der Waals surface area contributed by atoms with Gasteiger partial charge in [0.2, 0.25) is 0 Å². The number of rotatable bonds is 4. The third-order valence-electron chi connectivity index (χ3n) is 4.12. The van der Waals surface area contributed by atoms with Gasteiger partial charge < -0.3 is 0 Å². The van der Waals surface area contributed by atoms with Crippen molar-refractivity contribution in [1.29, 1.82) is 0 Å². The van der Waals surface area contributed by atoms with E-state index in [-0.39, 0.29) is 0 Å². The maximum absolute atomic E-state index is 4.52. The van der Waals surface area contributed by atoms with Gasteiger partial charge in [-0.2, -0.15) is 0 Å². The number of allylic oxidation sites excluding steroid dienone is 2. The first kappa shape index (κ1) is 16.2. The fourth-order valence-corrected chi connectivity index (χ4v) is 2.62. The van der Waals surface area contributed by atoms with Crippen molar-refractivity contribution in [2.75, 3.05) is 7.05 Å². The van der Waals surface area contributed by atoms with E-state index in [0.717, 1.165) is 5.71 Å². The quantitative estimate of drug-likeness (QED) is 0.652. The number of aryl methyl sites for hydroxylation is 2. The molecule has 0 aromatic heterocycles. The molecule has 114 valence electrons. The van der Waals surface area contributed by atoms with Crippen LogP contribution in [-0.4, -0.2) is 12.8 Å². The summed E-state index contributed by atoms with van der Waals surface area (Å²) in [5.41, 5.74) is 7.51. The molecule has 0 heterocycles. The molecule has 0 N–H and O–H groups in total. The molecule has 0 aliphatic rings. The molecule has 2 aromatic rings. The molecule has 0 amide bonds. The summed E-state index contributed by atoms with van der Waals surface area (Å²) in [5.74, 6) is 0.297. The zero-order chi connectivity index (χ0) is 16.1. The van der Waals surface area contributed by atoms with Crippen molar-refractivity contribution >= 4 is 11.3 Å². The largest absolute Gasteiger partial charge is 0.292 e. The Morgan fingerprint density at radius 2 is 1.68 bits per heavy atom. The van der Waals surface area contributed by atoms with Gasteiger partial charge in [-0.25, -0.2) is 0 Å². The van der Waals surface area contributed by atoms with Crippen molar-refractivity contribution in [2.24, 2.45) is 4.99 Å². The molecule has 1 heteroatoms. The minimum Gasteiger partial charge on any atom is -0.292 e. The topological polar surface area (TPSA) is 12.4 Å². The minimum atomic E-state index is 0.297. The third-order valence-corrected chi connectivity index (χ3v) is 4.12. The van der Waals surface area contributed by atoms with Crippen molar-refractivity contribution in [3.8, 4) is 0 Å². The first-order valence-corrected chi connectivity index (χ1v) is 7.80. The van der Waals surface area contributed by atoms with Crippen LogP contribution < -0.4 is 0 Å². The second-order valence-electron chi connectivity index (χ2n) is 5.98. The lowest BCUT2D eigenvalue weighted by Crippen LogP contribution is -2.07. The van der Waals surface area contributed by atoms with Gasteiger partial charge in [0.15, 0.2) is 0 Å². The Morgan fingerprint density at radius 3 is 2.27 bits per heavy atom. The summed E-state index contributed by atoms with van der Waals surface area (Å²) in [4.78, 5) is 4.52. The van der Waals surface area contributed by atoms with Gasteiger partial charge >= 0.3 is 0 Å². The highest BCUT2D eigenvalue weighted by Gasteiger charge is 2.11. The molecule has 0 saturated heterocycles. The molecule has 1 nitrogen and oxygen atoms in total. The molecule has 0 saturated carbocycles. The summed E-state index contributed by atoms with van der Waals surface area (Å²) in [6.45, 7) is 8.61. The number of benzene rings is 2. The lowest BCUT2D eigenvalue weighted by molar-refractivity contribution is 1.01. The summed E-state index contributed by atoms with van der Waals surface area (Å²) < 4.78 is 0. The van der Waals surface area contributed by atoms with E-state index in [2.05, 4.69) is 87.3 Å². The zero-order valence-electron chi connectivity index (χ0n) is 14.2. The first-order valence-electron chi connectivity index (χ1n) is 7.80. The monoisotopic (exact) mass is 291 g/mol. The van der Waals surface area contributed by atoms with Crippen LogP contribution in [0.3, 0.4) is 0 Å². The van der Waals surface area contributed by atoms with Gasteiger partial charge in [-0.1, -0.05) is 66.6 Å². The second-order valence-corrected chi connectivity index (χ2v) is 5.98. The SMILES string of the molecule is CN=C(/C=C(\C)c1ccc(C)cc1)C(C)c1cccc(C)c1. The molecule has 1 atom stereocenters. The highest BCUT2D eigenvalue weighted by atomic mass is 14.7. The summed E-state index contributed by atoms with van der Waals surface area (Å²) in [6, 6.07) is 17.3. The van der Waals surface area contributed by atoms with E-state index >= 15 is 0 Å². The van der Waals surface area contributed by atoms with Crippen LogP contribution in [0.2, 0.25) is 0 Å². The maximum Gasteiger partial charge on any atom is 0.0419 e. The van der Waals surface area contributed by atoms with E-state index in [1.807, 2.05) is 7.05 Å². The van der Waals surface area contributed by atoms with Crippen LogP contribution in [0.25, 0.3) is 5.57 Å². The molecule has 2 aromatic carbocycles. The fraction of sp³-hybridized carbons (Fsp3) is 0.286. The van der Waals surface area contributed by atoms with E-state index in [4.69, 9.17) is 0 Å². The highest BCUT2D eigenvalue weighted by molar-refractivity contribution is 6.04. The van der Waals surface area contributed by atoms with Gasteiger partial charge in [-0.3, -0.25) is 4.99 Å². The maximum atomic E-state index is 4.52. The van der Waals surface area contributed by atoms with E-state index in [9.17, 15) is 0 Å². The number of hydrogen-bond donors (Lipinski definition) is 0. The first-order chi connectivity index (χ1) is 10.5. The van der Waals surface area contributed by atoms with Crippen LogP contribution >= 0.6 is 0 Å². The van der Waals surface area contributed by atoms with Crippen molar-refractivity contribution < 1.29 is 0 Å². The molecular formula is C21H25N. The summed E-state index contributed by atoms with van der Waals surface area (Å²) >= 11 is 0. The van der Waals surface area contributed by atoms with Crippen molar-refractivity contribution in [3.63, 3.8) is 0 Å². The predicted octanol–water partition coefficient (Wildman–Crippen LogP) is 5.58. The van der Waals surface area contributed by atoms with Crippen LogP contribution in [0.4, 0.5) is 0 Å². The van der Waals surface area contributed by atoms with Gasteiger partial charge in [-0.15, -0.1) is 0 Å². The second kappa shape index (κ2) is 7.22. The molecular weight excluding hydrogens is 266 g/mol. The lowest BCUT2D eigenvalue weighted by Gasteiger charge is -2.14. The summed E-state index contributed by atoms with van der Waals surface area (Å²) in [5, 5.41) is 0. The lowest BCUT2D eigenvalue weighted by atomic mass is 9.92. The highest BCUT2D eigenvalue weighted by Crippen LogP contribution is 2.22. The van der Waals surface area contributed by atoms with Crippen molar-refractivity contribution in [1.82, 2.24) is 0 Å². The van der Waals surface area contributed by atoms with E-state index < -0.39 is 0 Å². The molecule has 0 bridgehead atoms.